The maximum atomic E-state index is 12.9. The van der Waals surface area contributed by atoms with Crippen molar-refractivity contribution in [1.29, 1.82) is 0 Å². The Kier molecular flexibility index (Phi) is 14.4. The zero-order chi connectivity index (χ0) is 31.8. The van der Waals surface area contributed by atoms with Crippen molar-refractivity contribution < 1.29 is 32.0 Å². The highest BCUT2D eigenvalue weighted by molar-refractivity contribution is 6.32. The average molecular weight is 616 g/mol. The van der Waals surface area contributed by atoms with Crippen LogP contribution in [-0.4, -0.2) is 33.5 Å². The Balaban J connectivity index is 1.48. The molecule has 7 nitrogen and oxygen atoms in total. The van der Waals surface area contributed by atoms with E-state index in [-0.39, 0.29) is 19.7 Å². The molecule has 44 heavy (non-hydrogen) atoms. The van der Waals surface area contributed by atoms with Crippen molar-refractivity contribution in [1.82, 2.24) is 15.0 Å². The maximum absolute atomic E-state index is 12.9. The minimum Gasteiger partial charge on any atom is -0.459 e. The van der Waals surface area contributed by atoms with Gasteiger partial charge in [0.15, 0.2) is 5.82 Å². The van der Waals surface area contributed by atoms with E-state index in [1.54, 1.807) is 6.92 Å². The van der Waals surface area contributed by atoms with Gasteiger partial charge in [0.05, 0.1) is 12.2 Å². The van der Waals surface area contributed by atoms with Gasteiger partial charge in [-0.2, -0.15) is 18.2 Å². The van der Waals surface area contributed by atoms with Gasteiger partial charge in [0, 0.05) is 25.9 Å². The molecule has 0 atom stereocenters. The zero-order valence-electron chi connectivity index (χ0n) is 25.8. The van der Waals surface area contributed by atoms with E-state index in [2.05, 4.69) is 17.1 Å². The summed E-state index contributed by atoms with van der Waals surface area (Å²) < 4.78 is 49.2. The molecule has 0 bridgehead atoms. The van der Waals surface area contributed by atoms with Crippen LogP contribution in [0.15, 0.2) is 53.1 Å². The molecule has 3 aromatic rings. The first-order valence-electron chi connectivity index (χ1n) is 15.7. The summed E-state index contributed by atoms with van der Waals surface area (Å²) >= 11 is 0. The van der Waals surface area contributed by atoms with Crippen LogP contribution < -0.4 is 0 Å². The van der Waals surface area contributed by atoms with Crippen molar-refractivity contribution in [2.45, 2.75) is 110 Å². The summed E-state index contributed by atoms with van der Waals surface area (Å²) in [5.41, 5.74) is 1.48. The van der Waals surface area contributed by atoms with Crippen LogP contribution in [0.1, 0.15) is 106 Å². The lowest BCUT2D eigenvalue weighted by Gasteiger charge is -2.22. The number of benzene rings is 2. The van der Waals surface area contributed by atoms with Crippen LogP contribution >= 0.6 is 0 Å². The predicted molar refractivity (Wildman–Crippen MR) is 161 cm³/mol. The summed E-state index contributed by atoms with van der Waals surface area (Å²) in [5.74, 6) is -0.515. The molecule has 0 spiro atoms. The fourth-order valence-electron chi connectivity index (χ4n) is 4.91. The van der Waals surface area contributed by atoms with Gasteiger partial charge >= 0.3 is 18.1 Å². The Morgan fingerprint density at radius 3 is 1.86 bits per heavy atom. The number of amides is 1. The molecule has 1 heterocycles. The van der Waals surface area contributed by atoms with Gasteiger partial charge in [-0.05, 0) is 48.6 Å². The summed E-state index contributed by atoms with van der Waals surface area (Å²) in [4.78, 5) is 30.8. The highest BCUT2D eigenvalue weighted by atomic mass is 19.4. The molecule has 0 aliphatic rings. The molecule has 240 valence electrons. The molecule has 3 rings (SSSR count). The first-order valence-corrected chi connectivity index (χ1v) is 15.7. The van der Waals surface area contributed by atoms with Crippen LogP contribution in [0.4, 0.5) is 13.2 Å². The lowest BCUT2D eigenvalue weighted by molar-refractivity contribution is -0.160. The fraction of sp³-hybridized carbons (Fsp3) is 0.529. The Bertz CT molecular complexity index is 1270. The number of esters is 1. The number of ether oxygens (including phenoxy) is 1. The summed E-state index contributed by atoms with van der Waals surface area (Å²) in [6.45, 7) is 3.91. The number of unbranched alkanes of at least 4 members (excludes halogenated alkanes) is 8. The molecule has 10 heteroatoms. The van der Waals surface area contributed by atoms with E-state index in [4.69, 9.17) is 9.26 Å². The Morgan fingerprint density at radius 1 is 0.750 bits per heavy atom. The first kappa shape index (κ1) is 34.8. The van der Waals surface area contributed by atoms with Crippen molar-refractivity contribution >= 4 is 11.9 Å². The van der Waals surface area contributed by atoms with E-state index in [1.165, 1.54) is 68.4 Å². The van der Waals surface area contributed by atoms with E-state index in [0.29, 0.717) is 24.3 Å². The predicted octanol–water partition coefficient (Wildman–Crippen LogP) is 8.04. The van der Waals surface area contributed by atoms with Crippen LogP contribution in [0.25, 0.3) is 0 Å². The SMILES string of the molecule is CCCCCCCCCCCc1noc(CCc2ccc(CN(Cc3ccc(C(F)(F)F)cc3)C(=O)C(=O)OCC)cc2)n1. The number of nitrogens with zero attached hydrogens (tertiary/aromatic N) is 3. The Morgan fingerprint density at radius 2 is 1.30 bits per heavy atom. The molecule has 1 aromatic heterocycles. The molecular weight excluding hydrogens is 571 g/mol. The number of carbonyl (C=O) groups is 2. The molecule has 2 aromatic carbocycles. The van der Waals surface area contributed by atoms with Crippen LogP contribution in [-0.2, 0) is 52.9 Å². The van der Waals surface area contributed by atoms with Gasteiger partial charge in [0.2, 0.25) is 5.89 Å². The third-order valence-corrected chi connectivity index (χ3v) is 7.43. The second kappa shape index (κ2) is 18.2. The highest BCUT2D eigenvalue weighted by Crippen LogP contribution is 2.29. The van der Waals surface area contributed by atoms with Crippen molar-refractivity contribution in [3.05, 3.63) is 82.5 Å². The van der Waals surface area contributed by atoms with Gasteiger partial charge in [0.1, 0.15) is 0 Å². The van der Waals surface area contributed by atoms with Crippen molar-refractivity contribution in [3.63, 3.8) is 0 Å². The van der Waals surface area contributed by atoms with Crippen LogP contribution in [0.2, 0.25) is 0 Å². The summed E-state index contributed by atoms with van der Waals surface area (Å²) in [6.07, 6.45) is 9.05. The third kappa shape index (κ3) is 12.1. The van der Waals surface area contributed by atoms with Crippen LogP contribution in [0.3, 0.4) is 0 Å². The number of carbonyl (C=O) groups excluding carboxylic acids is 2. The number of hydrogen-bond acceptors (Lipinski definition) is 6. The number of halogens is 3. The first-order chi connectivity index (χ1) is 21.2. The number of hydrogen-bond donors (Lipinski definition) is 0. The van der Waals surface area contributed by atoms with Gasteiger partial charge in [-0.15, -0.1) is 0 Å². The smallest absolute Gasteiger partial charge is 0.416 e. The summed E-state index contributed by atoms with van der Waals surface area (Å²) in [7, 11) is 0. The molecule has 1 amide bonds. The van der Waals surface area contributed by atoms with Crippen molar-refractivity contribution in [3.8, 4) is 0 Å². The highest BCUT2D eigenvalue weighted by Gasteiger charge is 2.30. The van der Waals surface area contributed by atoms with E-state index >= 15 is 0 Å². The number of aromatic nitrogens is 2. The Labute approximate surface area is 258 Å². The number of rotatable bonds is 18. The molecule has 0 aliphatic heterocycles. The molecule has 0 radical (unpaired) electrons. The number of aryl methyl sites for hydroxylation is 3. The minimum atomic E-state index is -4.46. The lowest BCUT2D eigenvalue weighted by Crippen LogP contribution is -2.36. The van der Waals surface area contributed by atoms with Crippen LogP contribution in [0.5, 0.6) is 0 Å². The fourth-order valence-corrected chi connectivity index (χ4v) is 4.91. The topological polar surface area (TPSA) is 85.5 Å². The van der Waals surface area contributed by atoms with Crippen molar-refractivity contribution in [2.75, 3.05) is 6.61 Å². The molecule has 0 N–H and O–H groups in total. The standard InChI is InChI=1S/C34H44F3N3O4/c1-3-5-6-7-8-9-10-11-12-13-30-38-31(44-39-30)23-20-26-14-16-27(17-15-26)24-40(32(41)33(42)43-4-2)25-28-18-21-29(22-19-28)34(35,36)37/h14-19,21-22H,3-13,20,23-25H2,1-2H3. The molecular formula is C34H44F3N3O4. The monoisotopic (exact) mass is 615 g/mol. The lowest BCUT2D eigenvalue weighted by atomic mass is 10.1. The normalized spacial score (nSPS) is 11.5. The Hall–Kier alpha value is -3.69. The number of alkyl halides is 3. The third-order valence-electron chi connectivity index (χ3n) is 7.43. The van der Waals surface area contributed by atoms with Crippen molar-refractivity contribution in [2.24, 2.45) is 0 Å². The van der Waals surface area contributed by atoms with E-state index < -0.39 is 23.6 Å². The van der Waals surface area contributed by atoms with E-state index in [9.17, 15) is 22.8 Å². The van der Waals surface area contributed by atoms with Gasteiger partial charge in [-0.25, -0.2) is 4.79 Å². The second-order valence-corrected chi connectivity index (χ2v) is 11.1. The average Bonchev–Trinajstić information content (AvgIpc) is 3.47. The maximum Gasteiger partial charge on any atom is 0.416 e. The molecule has 0 saturated heterocycles. The second-order valence-electron chi connectivity index (χ2n) is 11.1. The molecule has 0 aliphatic carbocycles. The van der Waals surface area contributed by atoms with Gasteiger partial charge in [-0.1, -0.05) is 99.8 Å². The zero-order valence-corrected chi connectivity index (χ0v) is 25.8. The van der Waals surface area contributed by atoms with E-state index in [0.717, 1.165) is 41.9 Å². The van der Waals surface area contributed by atoms with Gasteiger partial charge in [0.25, 0.3) is 0 Å². The molecule has 0 saturated carbocycles. The molecule has 0 unspecified atom stereocenters. The van der Waals surface area contributed by atoms with E-state index in [1.807, 2.05) is 24.3 Å². The van der Waals surface area contributed by atoms with Gasteiger partial charge in [-0.3, -0.25) is 4.79 Å². The summed E-state index contributed by atoms with van der Waals surface area (Å²) in [5, 5.41) is 4.12. The largest absolute Gasteiger partial charge is 0.459 e. The minimum absolute atomic E-state index is 0.0359. The van der Waals surface area contributed by atoms with Crippen LogP contribution in [0, 0.1) is 0 Å². The molecule has 0 fully saturated rings. The summed E-state index contributed by atoms with van der Waals surface area (Å²) in [6, 6.07) is 12.1. The van der Waals surface area contributed by atoms with Gasteiger partial charge < -0.3 is 14.2 Å². The quantitative estimate of drug-likeness (QED) is 0.0818.